The van der Waals surface area contributed by atoms with Crippen LogP contribution in [0.1, 0.15) is 32.0 Å². The van der Waals surface area contributed by atoms with Crippen molar-refractivity contribution in [1.82, 2.24) is 15.5 Å². The van der Waals surface area contributed by atoms with Gasteiger partial charge in [0.15, 0.2) is 5.69 Å². The molecule has 0 fully saturated rings. The molecule has 2 heterocycles. The lowest BCUT2D eigenvalue weighted by Gasteiger charge is -2.13. The predicted molar refractivity (Wildman–Crippen MR) is 104 cm³/mol. The normalized spacial score (nSPS) is 12.8. The zero-order valence-corrected chi connectivity index (χ0v) is 16.5. The second kappa shape index (κ2) is 8.08. The number of amides is 2. The summed E-state index contributed by atoms with van der Waals surface area (Å²) in [6.45, 7) is 0.335. The molecule has 4 rings (SSSR count). The summed E-state index contributed by atoms with van der Waals surface area (Å²) in [4.78, 5) is 24.6. The van der Waals surface area contributed by atoms with E-state index < -0.39 is 35.0 Å². The second-order valence-electron chi connectivity index (χ2n) is 6.63. The number of carbonyl (C=O) groups is 2. The smallest absolute Gasteiger partial charge is 0.435 e. The topological polar surface area (TPSA) is 93.2 Å². The molecule has 2 amide bonds. The van der Waals surface area contributed by atoms with Crippen LogP contribution in [0, 0.1) is 5.82 Å². The Morgan fingerprint density at radius 3 is 2.62 bits per heavy atom. The van der Waals surface area contributed by atoms with E-state index in [1.165, 1.54) is 12.1 Å². The largest absolute Gasteiger partial charge is 0.435 e. The van der Waals surface area contributed by atoms with E-state index in [1.54, 1.807) is 6.07 Å². The van der Waals surface area contributed by atoms with Crippen LogP contribution >= 0.6 is 11.6 Å². The summed E-state index contributed by atoms with van der Waals surface area (Å²) in [6.07, 6.45) is -4.88. The van der Waals surface area contributed by atoms with E-state index in [1.807, 2.05) is 0 Å². The standard InChI is InChI=1S/C20H11ClF4N4O3/c21-14-5-10(22)2-4-15(14)32-19-13(7-16(28-29-19)20(23,24)25)18(31)27-11-3-1-9-8-26-17(30)12(9)6-11/h1-7H,8H2,(H,26,30)(H,27,31). The lowest BCUT2D eigenvalue weighted by molar-refractivity contribution is -0.141. The number of halogens is 5. The molecule has 0 saturated carbocycles. The number of benzene rings is 2. The third-order valence-corrected chi connectivity index (χ3v) is 4.74. The van der Waals surface area contributed by atoms with Gasteiger partial charge in [-0.05, 0) is 42.0 Å². The molecule has 0 aliphatic carbocycles. The highest BCUT2D eigenvalue weighted by atomic mass is 35.5. The van der Waals surface area contributed by atoms with Crippen LogP contribution in [0.25, 0.3) is 0 Å². The van der Waals surface area contributed by atoms with Crippen molar-refractivity contribution < 1.29 is 31.9 Å². The SMILES string of the molecule is O=C1NCc2ccc(NC(=O)c3cc(C(F)(F)F)nnc3Oc3ccc(F)cc3Cl)cc21. The Kier molecular flexibility index (Phi) is 5.43. The molecule has 0 spiro atoms. The molecular weight excluding hydrogens is 456 g/mol. The summed E-state index contributed by atoms with van der Waals surface area (Å²) in [7, 11) is 0. The molecule has 0 bridgehead atoms. The molecule has 1 aliphatic heterocycles. The molecule has 3 aromatic rings. The molecule has 0 unspecified atom stereocenters. The number of ether oxygens (including phenoxy) is 1. The number of alkyl halides is 3. The lowest BCUT2D eigenvalue weighted by atomic mass is 10.1. The van der Waals surface area contributed by atoms with Crippen LogP contribution in [0.4, 0.5) is 23.2 Å². The fraction of sp³-hybridized carbons (Fsp3) is 0.100. The highest BCUT2D eigenvalue weighted by molar-refractivity contribution is 6.32. The minimum absolute atomic E-state index is 0.148. The van der Waals surface area contributed by atoms with Gasteiger partial charge >= 0.3 is 6.18 Å². The van der Waals surface area contributed by atoms with E-state index >= 15 is 0 Å². The van der Waals surface area contributed by atoms with Gasteiger partial charge in [0.25, 0.3) is 17.7 Å². The third kappa shape index (κ3) is 4.33. The van der Waals surface area contributed by atoms with Gasteiger partial charge in [-0.1, -0.05) is 17.7 Å². The van der Waals surface area contributed by atoms with Crippen LogP contribution in [0.15, 0.2) is 42.5 Å². The number of aromatic nitrogens is 2. The molecule has 12 heteroatoms. The first-order valence-corrected chi connectivity index (χ1v) is 9.30. The summed E-state index contributed by atoms with van der Waals surface area (Å²) in [5.41, 5.74) is -0.803. The molecule has 0 radical (unpaired) electrons. The predicted octanol–water partition coefficient (Wildman–Crippen LogP) is 4.58. The van der Waals surface area contributed by atoms with Gasteiger partial charge in [0.05, 0.1) is 5.02 Å². The van der Waals surface area contributed by atoms with Crippen molar-refractivity contribution in [3.63, 3.8) is 0 Å². The molecule has 2 aromatic carbocycles. The highest BCUT2D eigenvalue weighted by Gasteiger charge is 2.35. The average molecular weight is 467 g/mol. The van der Waals surface area contributed by atoms with Crippen LogP contribution in [0.2, 0.25) is 5.02 Å². The molecule has 1 aliphatic rings. The van der Waals surface area contributed by atoms with Gasteiger partial charge in [-0.3, -0.25) is 9.59 Å². The second-order valence-corrected chi connectivity index (χ2v) is 7.04. The molecule has 164 valence electrons. The molecule has 0 atom stereocenters. The summed E-state index contributed by atoms with van der Waals surface area (Å²) >= 11 is 5.88. The maximum absolute atomic E-state index is 13.3. The number of hydrogen-bond acceptors (Lipinski definition) is 5. The number of nitrogens with zero attached hydrogens (tertiary/aromatic N) is 2. The van der Waals surface area contributed by atoms with Crippen LogP contribution in [0.3, 0.4) is 0 Å². The number of rotatable bonds is 4. The molecular formula is C20H11ClF4N4O3. The molecule has 7 nitrogen and oxygen atoms in total. The van der Waals surface area contributed by atoms with Crippen LogP contribution < -0.4 is 15.4 Å². The van der Waals surface area contributed by atoms with Gasteiger partial charge in [0.2, 0.25) is 0 Å². The van der Waals surface area contributed by atoms with Gasteiger partial charge in [0.1, 0.15) is 17.1 Å². The van der Waals surface area contributed by atoms with Crippen molar-refractivity contribution in [2.45, 2.75) is 12.7 Å². The van der Waals surface area contributed by atoms with Gasteiger partial charge < -0.3 is 15.4 Å². The van der Waals surface area contributed by atoms with Crippen LogP contribution in [-0.4, -0.2) is 22.0 Å². The number of anilines is 1. The van der Waals surface area contributed by atoms with E-state index in [9.17, 15) is 27.2 Å². The zero-order valence-electron chi connectivity index (χ0n) is 15.8. The summed E-state index contributed by atoms with van der Waals surface area (Å²) < 4.78 is 58.0. The van der Waals surface area contributed by atoms with E-state index in [4.69, 9.17) is 16.3 Å². The van der Waals surface area contributed by atoms with Gasteiger partial charge in [-0.15, -0.1) is 10.2 Å². The average Bonchev–Trinajstić information content (AvgIpc) is 3.10. The van der Waals surface area contributed by atoms with E-state index in [-0.39, 0.29) is 22.4 Å². The Hall–Kier alpha value is -3.73. The fourth-order valence-corrected chi connectivity index (χ4v) is 3.11. The Labute approximate surface area is 182 Å². The first-order chi connectivity index (χ1) is 15.1. The molecule has 0 saturated heterocycles. The first kappa shape index (κ1) is 21.5. The Bertz CT molecular complexity index is 1250. The van der Waals surface area contributed by atoms with E-state index in [2.05, 4.69) is 20.8 Å². The summed E-state index contributed by atoms with van der Waals surface area (Å²) in [6, 6.07) is 8.01. The van der Waals surface area contributed by atoms with Gasteiger partial charge in [0, 0.05) is 17.8 Å². The Morgan fingerprint density at radius 2 is 1.91 bits per heavy atom. The van der Waals surface area contributed by atoms with Crippen molar-refractivity contribution in [3.05, 3.63) is 75.7 Å². The molecule has 32 heavy (non-hydrogen) atoms. The van der Waals surface area contributed by atoms with Crippen LogP contribution in [-0.2, 0) is 12.7 Å². The van der Waals surface area contributed by atoms with Crippen molar-refractivity contribution in [3.8, 4) is 11.6 Å². The Balaban J connectivity index is 1.69. The number of carbonyl (C=O) groups excluding carboxylic acids is 2. The van der Waals surface area contributed by atoms with Crippen molar-refractivity contribution >= 4 is 29.1 Å². The lowest BCUT2D eigenvalue weighted by Crippen LogP contribution is -2.18. The highest BCUT2D eigenvalue weighted by Crippen LogP contribution is 2.34. The minimum atomic E-state index is -4.88. The quantitative estimate of drug-likeness (QED) is 0.549. The number of hydrogen-bond donors (Lipinski definition) is 2. The number of nitrogens with one attached hydrogen (secondary N) is 2. The van der Waals surface area contributed by atoms with Crippen molar-refractivity contribution in [2.75, 3.05) is 5.32 Å². The van der Waals surface area contributed by atoms with Crippen molar-refractivity contribution in [2.24, 2.45) is 0 Å². The molecule has 2 N–H and O–H groups in total. The van der Waals surface area contributed by atoms with Crippen LogP contribution in [0.5, 0.6) is 11.6 Å². The van der Waals surface area contributed by atoms with Crippen molar-refractivity contribution in [1.29, 1.82) is 0 Å². The Morgan fingerprint density at radius 1 is 1.12 bits per heavy atom. The third-order valence-electron chi connectivity index (χ3n) is 4.45. The summed E-state index contributed by atoms with van der Waals surface area (Å²) in [5, 5.41) is 11.2. The van der Waals surface area contributed by atoms with E-state index in [0.717, 1.165) is 18.2 Å². The number of fused-ring (bicyclic) bond motifs is 1. The maximum atomic E-state index is 13.3. The first-order valence-electron chi connectivity index (χ1n) is 8.92. The van der Waals surface area contributed by atoms with Gasteiger partial charge in [-0.2, -0.15) is 13.2 Å². The minimum Gasteiger partial charge on any atom is -0.435 e. The summed E-state index contributed by atoms with van der Waals surface area (Å²) in [5.74, 6) is -2.74. The zero-order chi connectivity index (χ0) is 23.0. The maximum Gasteiger partial charge on any atom is 0.435 e. The fourth-order valence-electron chi connectivity index (χ4n) is 2.91. The monoisotopic (exact) mass is 466 g/mol. The van der Waals surface area contributed by atoms with E-state index in [0.29, 0.717) is 23.7 Å². The molecule has 1 aromatic heterocycles. The van der Waals surface area contributed by atoms with Gasteiger partial charge in [-0.25, -0.2) is 4.39 Å².